The molecule has 0 aromatic heterocycles. The third-order valence-electron chi connectivity index (χ3n) is 3.16. The summed E-state index contributed by atoms with van der Waals surface area (Å²) < 4.78 is 0. The first-order chi connectivity index (χ1) is 7.31. The lowest BCUT2D eigenvalue weighted by molar-refractivity contribution is 0.400. The first-order valence-corrected chi connectivity index (χ1v) is 6.07. The van der Waals surface area contributed by atoms with Gasteiger partial charge in [0.25, 0.3) is 0 Å². The molecular formula is C11H24N4. The van der Waals surface area contributed by atoms with Gasteiger partial charge in [0, 0.05) is 19.6 Å². The van der Waals surface area contributed by atoms with Crippen molar-refractivity contribution in [2.24, 2.45) is 16.8 Å². The molecule has 4 heteroatoms. The van der Waals surface area contributed by atoms with Crippen molar-refractivity contribution in [2.45, 2.75) is 39.5 Å². The lowest BCUT2D eigenvalue weighted by Crippen LogP contribution is -2.45. The summed E-state index contributed by atoms with van der Waals surface area (Å²) >= 11 is 0. The Kier molecular flexibility index (Phi) is 5.47. The van der Waals surface area contributed by atoms with Crippen LogP contribution in [0.4, 0.5) is 0 Å². The first kappa shape index (κ1) is 12.3. The van der Waals surface area contributed by atoms with Gasteiger partial charge in [0.2, 0.25) is 5.96 Å². The number of hydrazine groups is 1. The van der Waals surface area contributed by atoms with Crippen molar-refractivity contribution in [1.82, 2.24) is 10.3 Å². The lowest BCUT2D eigenvalue weighted by Gasteiger charge is -2.23. The van der Waals surface area contributed by atoms with Crippen molar-refractivity contribution in [1.29, 1.82) is 0 Å². The topological polar surface area (TPSA) is 53.6 Å². The summed E-state index contributed by atoms with van der Waals surface area (Å²) in [5, 5.41) is 0. The maximum Gasteiger partial charge on any atom is 0.208 e. The summed E-state index contributed by atoms with van der Waals surface area (Å²) in [5.74, 6) is 7.23. The molecule has 1 aliphatic heterocycles. The molecule has 0 aromatic rings. The van der Waals surface area contributed by atoms with Crippen LogP contribution in [0.25, 0.3) is 0 Å². The van der Waals surface area contributed by atoms with E-state index in [0.717, 1.165) is 31.5 Å². The highest BCUT2D eigenvalue weighted by Crippen LogP contribution is 2.19. The summed E-state index contributed by atoms with van der Waals surface area (Å²) in [6.45, 7) is 7.26. The molecule has 15 heavy (non-hydrogen) atoms. The van der Waals surface area contributed by atoms with Gasteiger partial charge in [0.1, 0.15) is 0 Å². The van der Waals surface area contributed by atoms with Crippen molar-refractivity contribution >= 4 is 5.96 Å². The van der Waals surface area contributed by atoms with Gasteiger partial charge in [-0.3, -0.25) is 10.4 Å². The predicted molar refractivity (Wildman–Crippen MR) is 64.5 cm³/mol. The summed E-state index contributed by atoms with van der Waals surface area (Å²) in [5.41, 5.74) is 2.71. The third kappa shape index (κ3) is 3.70. The summed E-state index contributed by atoms with van der Waals surface area (Å²) in [4.78, 5) is 6.64. The molecule has 1 saturated heterocycles. The molecule has 1 rings (SSSR count). The minimum atomic E-state index is 0.785. The normalized spacial score (nSPS) is 23.8. The Morgan fingerprint density at radius 3 is 2.80 bits per heavy atom. The molecule has 4 nitrogen and oxygen atoms in total. The molecule has 88 valence electrons. The lowest BCUT2D eigenvalue weighted by atomic mass is 9.98. The molecule has 0 bridgehead atoms. The van der Waals surface area contributed by atoms with Crippen LogP contribution in [0, 0.1) is 5.92 Å². The van der Waals surface area contributed by atoms with Gasteiger partial charge in [0.15, 0.2) is 0 Å². The zero-order valence-electron chi connectivity index (χ0n) is 10.00. The van der Waals surface area contributed by atoms with Crippen LogP contribution in [-0.2, 0) is 0 Å². The van der Waals surface area contributed by atoms with Gasteiger partial charge in [-0.05, 0) is 32.1 Å². The average molecular weight is 212 g/mol. The number of nitrogens with zero attached hydrogens (tertiary/aromatic N) is 2. The van der Waals surface area contributed by atoms with Crippen molar-refractivity contribution < 1.29 is 0 Å². The summed E-state index contributed by atoms with van der Waals surface area (Å²) in [6.07, 6.45) is 5.16. The van der Waals surface area contributed by atoms with Gasteiger partial charge in [0.05, 0.1) is 0 Å². The Hall–Kier alpha value is -0.770. The SMILES string of the molecule is CCN=C(NN)N1CCCC(CC)CC1. The molecule has 1 atom stereocenters. The highest BCUT2D eigenvalue weighted by atomic mass is 15.4. The fourth-order valence-corrected chi connectivity index (χ4v) is 2.17. The van der Waals surface area contributed by atoms with Crippen LogP contribution in [0.3, 0.4) is 0 Å². The molecule has 0 amide bonds. The van der Waals surface area contributed by atoms with Crippen LogP contribution in [0.2, 0.25) is 0 Å². The number of rotatable bonds is 2. The number of likely N-dealkylation sites (tertiary alicyclic amines) is 1. The van der Waals surface area contributed by atoms with Crippen molar-refractivity contribution in [3.05, 3.63) is 0 Å². The molecule has 0 spiro atoms. The molecule has 1 heterocycles. The quantitative estimate of drug-likeness (QED) is 0.314. The largest absolute Gasteiger partial charge is 0.342 e. The van der Waals surface area contributed by atoms with E-state index >= 15 is 0 Å². The molecule has 1 fully saturated rings. The van der Waals surface area contributed by atoms with E-state index in [-0.39, 0.29) is 0 Å². The fourth-order valence-electron chi connectivity index (χ4n) is 2.17. The molecule has 1 unspecified atom stereocenters. The third-order valence-corrected chi connectivity index (χ3v) is 3.16. The van der Waals surface area contributed by atoms with Gasteiger partial charge >= 0.3 is 0 Å². The van der Waals surface area contributed by atoms with Gasteiger partial charge in [-0.15, -0.1) is 0 Å². The second-order valence-corrected chi connectivity index (χ2v) is 4.13. The molecular weight excluding hydrogens is 188 g/mol. The van der Waals surface area contributed by atoms with E-state index in [2.05, 4.69) is 22.2 Å². The van der Waals surface area contributed by atoms with Crippen LogP contribution in [0.15, 0.2) is 4.99 Å². The Labute approximate surface area is 92.9 Å². The maximum absolute atomic E-state index is 5.49. The number of hydrogen-bond donors (Lipinski definition) is 2. The maximum atomic E-state index is 5.49. The van der Waals surface area contributed by atoms with Crippen LogP contribution >= 0.6 is 0 Å². The number of hydrogen-bond acceptors (Lipinski definition) is 2. The minimum absolute atomic E-state index is 0.785. The van der Waals surface area contributed by atoms with E-state index in [1.165, 1.54) is 25.7 Å². The Bertz CT molecular complexity index is 203. The van der Waals surface area contributed by atoms with Crippen molar-refractivity contribution in [3.8, 4) is 0 Å². The standard InChI is InChI=1S/C11H24N4/c1-3-10-6-5-8-15(9-7-10)11(14-12)13-4-2/h10H,3-9,12H2,1-2H3,(H,13,14). The van der Waals surface area contributed by atoms with E-state index in [4.69, 9.17) is 5.84 Å². The summed E-state index contributed by atoms with van der Waals surface area (Å²) in [7, 11) is 0. The second kappa shape index (κ2) is 6.67. The van der Waals surface area contributed by atoms with Gasteiger partial charge in [-0.1, -0.05) is 13.3 Å². The number of guanidine groups is 1. The first-order valence-electron chi connectivity index (χ1n) is 6.07. The fraction of sp³-hybridized carbons (Fsp3) is 0.909. The molecule has 0 aromatic carbocycles. The van der Waals surface area contributed by atoms with Gasteiger partial charge in [-0.2, -0.15) is 0 Å². The number of aliphatic imine (C=N–C) groups is 1. The summed E-state index contributed by atoms with van der Waals surface area (Å²) in [6, 6.07) is 0. The molecule has 0 aliphatic carbocycles. The van der Waals surface area contributed by atoms with Gasteiger partial charge in [-0.25, -0.2) is 5.84 Å². The Morgan fingerprint density at radius 1 is 1.40 bits per heavy atom. The predicted octanol–water partition coefficient (Wildman–Crippen LogP) is 1.34. The van der Waals surface area contributed by atoms with E-state index < -0.39 is 0 Å². The highest BCUT2D eigenvalue weighted by Gasteiger charge is 2.17. The van der Waals surface area contributed by atoms with Crippen molar-refractivity contribution in [3.63, 3.8) is 0 Å². The van der Waals surface area contributed by atoms with Crippen LogP contribution in [0.5, 0.6) is 0 Å². The zero-order chi connectivity index (χ0) is 11.1. The molecule has 1 aliphatic rings. The molecule has 0 saturated carbocycles. The minimum Gasteiger partial charge on any atom is -0.342 e. The number of nitrogens with one attached hydrogen (secondary N) is 1. The van der Waals surface area contributed by atoms with E-state index in [1.54, 1.807) is 0 Å². The zero-order valence-corrected chi connectivity index (χ0v) is 10.00. The Morgan fingerprint density at radius 2 is 2.20 bits per heavy atom. The molecule has 0 radical (unpaired) electrons. The van der Waals surface area contributed by atoms with E-state index in [9.17, 15) is 0 Å². The van der Waals surface area contributed by atoms with Crippen LogP contribution < -0.4 is 11.3 Å². The molecule has 3 N–H and O–H groups in total. The highest BCUT2D eigenvalue weighted by molar-refractivity contribution is 5.79. The van der Waals surface area contributed by atoms with Gasteiger partial charge < -0.3 is 4.90 Å². The second-order valence-electron chi connectivity index (χ2n) is 4.13. The van der Waals surface area contributed by atoms with Crippen molar-refractivity contribution in [2.75, 3.05) is 19.6 Å². The number of nitrogens with two attached hydrogens (primary N) is 1. The smallest absolute Gasteiger partial charge is 0.208 e. The van der Waals surface area contributed by atoms with E-state index in [0.29, 0.717) is 0 Å². The monoisotopic (exact) mass is 212 g/mol. The van der Waals surface area contributed by atoms with E-state index in [1.807, 2.05) is 6.92 Å². The Balaban J connectivity index is 2.52. The average Bonchev–Trinajstić information content (AvgIpc) is 2.51. The van der Waals surface area contributed by atoms with Crippen LogP contribution in [0.1, 0.15) is 39.5 Å². The van der Waals surface area contributed by atoms with Crippen LogP contribution in [-0.4, -0.2) is 30.5 Å².